The fourth-order valence-electron chi connectivity index (χ4n) is 1.10. The van der Waals surface area contributed by atoms with Crippen molar-refractivity contribution in [3.8, 4) is 0 Å². The van der Waals surface area contributed by atoms with Gasteiger partial charge in [0, 0.05) is 6.42 Å². The standard InChI is InChI=1S/C10H9F3OS/c1-15-9(14)6-7-3-2-4-8(5-7)10(11,12)13/h2-5H,6H2,1H3. The van der Waals surface area contributed by atoms with Crippen molar-refractivity contribution >= 4 is 16.9 Å². The van der Waals surface area contributed by atoms with Gasteiger partial charge < -0.3 is 0 Å². The van der Waals surface area contributed by atoms with Gasteiger partial charge in [0.2, 0.25) is 0 Å². The Morgan fingerprint density at radius 3 is 2.60 bits per heavy atom. The molecule has 0 saturated carbocycles. The first kappa shape index (κ1) is 12.1. The molecular weight excluding hydrogens is 225 g/mol. The summed E-state index contributed by atoms with van der Waals surface area (Å²) in [5.41, 5.74) is -0.321. The molecule has 82 valence electrons. The first-order chi connectivity index (χ1) is 6.93. The second kappa shape index (κ2) is 4.70. The highest BCUT2D eigenvalue weighted by atomic mass is 32.2. The molecule has 1 aromatic carbocycles. The van der Waals surface area contributed by atoms with Gasteiger partial charge in [0.05, 0.1) is 5.56 Å². The average Bonchev–Trinajstić information content (AvgIpc) is 2.17. The third-order valence-electron chi connectivity index (χ3n) is 1.83. The van der Waals surface area contributed by atoms with Gasteiger partial charge in [-0.1, -0.05) is 30.0 Å². The van der Waals surface area contributed by atoms with E-state index in [9.17, 15) is 18.0 Å². The molecule has 0 amide bonds. The van der Waals surface area contributed by atoms with Crippen molar-refractivity contribution in [2.24, 2.45) is 0 Å². The molecule has 0 bridgehead atoms. The molecule has 0 aromatic heterocycles. The van der Waals surface area contributed by atoms with Crippen LogP contribution in [0.15, 0.2) is 24.3 Å². The van der Waals surface area contributed by atoms with E-state index < -0.39 is 11.7 Å². The number of hydrogen-bond acceptors (Lipinski definition) is 2. The van der Waals surface area contributed by atoms with E-state index in [0.717, 1.165) is 23.9 Å². The molecule has 5 heteroatoms. The molecule has 0 aliphatic heterocycles. The van der Waals surface area contributed by atoms with Crippen molar-refractivity contribution in [3.63, 3.8) is 0 Å². The number of benzene rings is 1. The molecule has 0 unspecified atom stereocenters. The Bertz CT molecular complexity index is 360. The van der Waals surface area contributed by atoms with Crippen LogP contribution < -0.4 is 0 Å². The molecular formula is C10H9F3OS. The Hall–Kier alpha value is -0.970. The second-order valence-corrected chi connectivity index (χ2v) is 3.81. The lowest BCUT2D eigenvalue weighted by Gasteiger charge is -2.07. The summed E-state index contributed by atoms with van der Waals surface area (Å²) in [6, 6.07) is 4.83. The first-order valence-corrected chi connectivity index (χ1v) is 5.39. The lowest BCUT2D eigenvalue weighted by Crippen LogP contribution is -2.06. The summed E-state index contributed by atoms with van der Waals surface area (Å²) < 4.78 is 36.9. The van der Waals surface area contributed by atoms with E-state index >= 15 is 0 Å². The van der Waals surface area contributed by atoms with Crippen LogP contribution in [0, 0.1) is 0 Å². The smallest absolute Gasteiger partial charge is 0.287 e. The Balaban J connectivity index is 2.88. The van der Waals surface area contributed by atoms with Gasteiger partial charge in [-0.05, 0) is 17.9 Å². The Labute approximate surface area is 89.7 Å². The number of carbonyl (C=O) groups is 1. The summed E-state index contributed by atoms with van der Waals surface area (Å²) in [4.78, 5) is 11.0. The minimum atomic E-state index is -4.35. The fraction of sp³-hybridized carbons (Fsp3) is 0.300. The Kier molecular flexibility index (Phi) is 3.79. The monoisotopic (exact) mass is 234 g/mol. The van der Waals surface area contributed by atoms with E-state index in [4.69, 9.17) is 0 Å². The molecule has 0 atom stereocenters. The molecule has 1 rings (SSSR count). The number of thioether (sulfide) groups is 1. The summed E-state index contributed by atoms with van der Waals surface area (Å²) in [5, 5.41) is -0.144. The van der Waals surface area contributed by atoms with Crippen LogP contribution in [0.4, 0.5) is 13.2 Å². The SMILES string of the molecule is CSC(=O)Cc1cccc(C(F)(F)F)c1. The molecule has 1 aromatic rings. The van der Waals surface area contributed by atoms with Crippen LogP contribution in [0.5, 0.6) is 0 Å². The van der Waals surface area contributed by atoms with Crippen LogP contribution >= 0.6 is 11.8 Å². The van der Waals surface area contributed by atoms with Gasteiger partial charge in [0.25, 0.3) is 0 Å². The molecule has 0 spiro atoms. The lowest BCUT2D eigenvalue weighted by atomic mass is 10.1. The summed E-state index contributed by atoms with van der Waals surface area (Å²) in [7, 11) is 0. The quantitative estimate of drug-likeness (QED) is 0.782. The first-order valence-electron chi connectivity index (χ1n) is 4.16. The third kappa shape index (κ3) is 3.58. The largest absolute Gasteiger partial charge is 0.416 e. The highest BCUT2D eigenvalue weighted by Gasteiger charge is 2.30. The summed E-state index contributed by atoms with van der Waals surface area (Å²) in [6.07, 6.45) is -2.71. The number of rotatable bonds is 2. The zero-order valence-electron chi connectivity index (χ0n) is 7.97. The lowest BCUT2D eigenvalue weighted by molar-refractivity contribution is -0.137. The molecule has 0 heterocycles. The van der Waals surface area contributed by atoms with Crippen molar-refractivity contribution in [1.82, 2.24) is 0 Å². The topological polar surface area (TPSA) is 17.1 Å². The minimum Gasteiger partial charge on any atom is -0.287 e. The maximum absolute atomic E-state index is 12.3. The van der Waals surface area contributed by atoms with Crippen molar-refractivity contribution in [2.45, 2.75) is 12.6 Å². The third-order valence-corrected chi connectivity index (χ3v) is 2.43. The van der Waals surface area contributed by atoms with Crippen LogP contribution in [0.25, 0.3) is 0 Å². The predicted molar refractivity (Wildman–Crippen MR) is 53.7 cm³/mol. The van der Waals surface area contributed by atoms with Gasteiger partial charge in [0.1, 0.15) is 0 Å². The van der Waals surface area contributed by atoms with Gasteiger partial charge in [-0.15, -0.1) is 0 Å². The number of hydrogen-bond donors (Lipinski definition) is 0. The maximum atomic E-state index is 12.3. The molecule has 0 fully saturated rings. The Morgan fingerprint density at radius 2 is 2.07 bits per heavy atom. The molecule has 15 heavy (non-hydrogen) atoms. The number of alkyl halides is 3. The van der Waals surface area contributed by atoms with Crippen LogP contribution in [0.1, 0.15) is 11.1 Å². The Morgan fingerprint density at radius 1 is 1.40 bits per heavy atom. The van der Waals surface area contributed by atoms with Crippen molar-refractivity contribution in [1.29, 1.82) is 0 Å². The summed E-state index contributed by atoms with van der Waals surface area (Å²) >= 11 is 1.01. The van der Waals surface area contributed by atoms with Gasteiger partial charge in [-0.25, -0.2) is 0 Å². The normalized spacial score (nSPS) is 11.5. The van der Waals surface area contributed by atoms with Gasteiger partial charge in [0.15, 0.2) is 5.12 Å². The fourth-order valence-corrected chi connectivity index (χ4v) is 1.41. The van der Waals surface area contributed by atoms with Gasteiger partial charge >= 0.3 is 6.18 Å². The average molecular weight is 234 g/mol. The van der Waals surface area contributed by atoms with E-state index in [1.807, 2.05) is 0 Å². The zero-order chi connectivity index (χ0) is 11.5. The molecule has 0 saturated heterocycles. The van der Waals surface area contributed by atoms with Gasteiger partial charge in [-0.3, -0.25) is 4.79 Å². The minimum absolute atomic E-state index is 0.0328. The van der Waals surface area contributed by atoms with E-state index in [1.165, 1.54) is 12.1 Å². The van der Waals surface area contributed by atoms with E-state index in [1.54, 1.807) is 6.26 Å². The maximum Gasteiger partial charge on any atom is 0.416 e. The van der Waals surface area contributed by atoms with Crippen molar-refractivity contribution < 1.29 is 18.0 Å². The zero-order valence-corrected chi connectivity index (χ0v) is 8.78. The van der Waals surface area contributed by atoms with E-state index in [-0.39, 0.29) is 11.5 Å². The summed E-state index contributed by atoms with van der Waals surface area (Å²) in [6.45, 7) is 0. The van der Waals surface area contributed by atoms with Crippen molar-refractivity contribution in [3.05, 3.63) is 35.4 Å². The van der Waals surface area contributed by atoms with Crippen molar-refractivity contribution in [2.75, 3.05) is 6.26 Å². The molecule has 0 aliphatic carbocycles. The highest BCUT2D eigenvalue weighted by molar-refractivity contribution is 8.13. The van der Waals surface area contributed by atoms with Crippen LogP contribution in [-0.2, 0) is 17.4 Å². The highest BCUT2D eigenvalue weighted by Crippen LogP contribution is 2.29. The van der Waals surface area contributed by atoms with E-state index in [0.29, 0.717) is 5.56 Å². The number of halogens is 3. The van der Waals surface area contributed by atoms with Crippen LogP contribution in [0.3, 0.4) is 0 Å². The second-order valence-electron chi connectivity index (χ2n) is 2.95. The molecule has 0 aliphatic rings. The van der Waals surface area contributed by atoms with E-state index in [2.05, 4.69) is 0 Å². The van der Waals surface area contributed by atoms with Crippen LogP contribution in [0.2, 0.25) is 0 Å². The summed E-state index contributed by atoms with van der Waals surface area (Å²) in [5.74, 6) is 0. The molecule has 1 nitrogen and oxygen atoms in total. The predicted octanol–water partition coefficient (Wildman–Crippen LogP) is 3.14. The number of carbonyl (C=O) groups excluding carboxylic acids is 1. The molecule has 0 radical (unpaired) electrons. The molecule has 0 N–H and O–H groups in total. The van der Waals surface area contributed by atoms with Gasteiger partial charge in [-0.2, -0.15) is 13.2 Å². The van der Waals surface area contributed by atoms with Crippen LogP contribution in [-0.4, -0.2) is 11.4 Å².